The molecule has 0 saturated heterocycles. The molecule has 1 unspecified atom stereocenters. The number of aryl methyl sites for hydroxylation is 1. The Kier molecular flexibility index (Phi) is 5.64. The number of rotatable bonds is 5. The van der Waals surface area contributed by atoms with Gasteiger partial charge in [-0.15, -0.1) is 0 Å². The maximum atomic E-state index is 4.65. The Balaban J connectivity index is 1.92. The van der Waals surface area contributed by atoms with E-state index in [0.29, 0.717) is 6.04 Å². The van der Waals surface area contributed by atoms with Gasteiger partial charge in [0.15, 0.2) is 0 Å². The minimum atomic E-state index is 0.319. The SMILES string of the molecule is CNC(C)c1cnc(CSC2CCCCC2)nc1C. The maximum absolute atomic E-state index is 4.65. The highest BCUT2D eigenvalue weighted by molar-refractivity contribution is 7.99. The van der Waals surface area contributed by atoms with Crippen LogP contribution in [-0.2, 0) is 5.75 Å². The fourth-order valence-corrected chi connectivity index (χ4v) is 3.79. The van der Waals surface area contributed by atoms with Crippen molar-refractivity contribution in [1.82, 2.24) is 15.3 Å². The molecule has 0 radical (unpaired) electrons. The van der Waals surface area contributed by atoms with E-state index in [1.807, 2.05) is 25.0 Å². The molecule has 3 nitrogen and oxygen atoms in total. The smallest absolute Gasteiger partial charge is 0.138 e. The Hall–Kier alpha value is -0.610. The van der Waals surface area contributed by atoms with Crippen molar-refractivity contribution in [1.29, 1.82) is 0 Å². The van der Waals surface area contributed by atoms with E-state index in [1.54, 1.807) is 0 Å². The summed E-state index contributed by atoms with van der Waals surface area (Å²) in [5.41, 5.74) is 2.31. The molecule has 1 aromatic rings. The van der Waals surface area contributed by atoms with E-state index in [2.05, 4.69) is 29.1 Å². The molecule has 1 heterocycles. The standard InChI is InChI=1S/C15H25N3S/c1-11(16-3)14-9-17-15(18-12(14)2)10-19-13-7-5-4-6-8-13/h9,11,13,16H,4-8,10H2,1-3H3. The lowest BCUT2D eigenvalue weighted by Gasteiger charge is -2.20. The van der Waals surface area contributed by atoms with Crippen molar-refractivity contribution in [3.63, 3.8) is 0 Å². The fraction of sp³-hybridized carbons (Fsp3) is 0.733. The summed E-state index contributed by atoms with van der Waals surface area (Å²) in [7, 11) is 1.97. The van der Waals surface area contributed by atoms with Crippen LogP contribution in [0.25, 0.3) is 0 Å². The fourth-order valence-electron chi connectivity index (χ4n) is 2.60. The lowest BCUT2D eigenvalue weighted by molar-refractivity contribution is 0.516. The third-order valence-electron chi connectivity index (χ3n) is 3.97. The Morgan fingerprint density at radius 3 is 2.74 bits per heavy atom. The zero-order valence-electron chi connectivity index (χ0n) is 12.3. The van der Waals surface area contributed by atoms with Gasteiger partial charge in [0.05, 0.1) is 5.75 Å². The van der Waals surface area contributed by atoms with E-state index in [-0.39, 0.29) is 0 Å². The third kappa shape index (κ3) is 4.18. The van der Waals surface area contributed by atoms with Gasteiger partial charge < -0.3 is 5.32 Å². The highest BCUT2D eigenvalue weighted by Gasteiger charge is 2.15. The Bertz CT molecular complexity index is 402. The molecular weight excluding hydrogens is 254 g/mol. The summed E-state index contributed by atoms with van der Waals surface area (Å²) in [6, 6.07) is 0.319. The van der Waals surface area contributed by atoms with Crippen LogP contribution < -0.4 is 5.32 Å². The van der Waals surface area contributed by atoms with E-state index in [0.717, 1.165) is 22.5 Å². The van der Waals surface area contributed by atoms with Crippen LogP contribution in [0.3, 0.4) is 0 Å². The van der Waals surface area contributed by atoms with Crippen molar-refractivity contribution in [3.8, 4) is 0 Å². The predicted octanol–water partition coefficient (Wildman–Crippen LogP) is 3.63. The summed E-state index contributed by atoms with van der Waals surface area (Å²) in [5.74, 6) is 1.94. The third-order valence-corrected chi connectivity index (χ3v) is 5.33. The number of hydrogen-bond donors (Lipinski definition) is 1. The first kappa shape index (κ1) is 14.8. The van der Waals surface area contributed by atoms with E-state index >= 15 is 0 Å². The van der Waals surface area contributed by atoms with Crippen molar-refractivity contribution in [2.75, 3.05) is 7.05 Å². The molecule has 1 saturated carbocycles. The normalized spacial score (nSPS) is 18.5. The minimum absolute atomic E-state index is 0.319. The molecule has 19 heavy (non-hydrogen) atoms. The van der Waals surface area contributed by atoms with Crippen LogP contribution in [0.5, 0.6) is 0 Å². The first-order valence-electron chi connectivity index (χ1n) is 7.32. The summed E-state index contributed by atoms with van der Waals surface area (Å²) in [5, 5.41) is 4.07. The Morgan fingerprint density at radius 2 is 2.11 bits per heavy atom. The molecular formula is C15H25N3S. The second kappa shape index (κ2) is 7.25. The first-order chi connectivity index (χ1) is 9.20. The van der Waals surface area contributed by atoms with Gasteiger partial charge in [-0.25, -0.2) is 9.97 Å². The summed E-state index contributed by atoms with van der Waals surface area (Å²) >= 11 is 2.04. The molecule has 1 aliphatic carbocycles. The number of nitrogens with one attached hydrogen (secondary N) is 1. The molecule has 1 fully saturated rings. The van der Waals surface area contributed by atoms with Crippen LogP contribution in [0.15, 0.2) is 6.20 Å². The molecule has 1 aliphatic rings. The quantitative estimate of drug-likeness (QED) is 0.893. The molecule has 1 aromatic heterocycles. The molecule has 1 N–H and O–H groups in total. The highest BCUT2D eigenvalue weighted by atomic mass is 32.2. The number of hydrogen-bond acceptors (Lipinski definition) is 4. The molecule has 0 aromatic carbocycles. The summed E-state index contributed by atoms with van der Waals surface area (Å²) < 4.78 is 0. The second-order valence-corrected chi connectivity index (χ2v) is 6.70. The molecule has 2 rings (SSSR count). The zero-order chi connectivity index (χ0) is 13.7. The van der Waals surface area contributed by atoms with Crippen molar-refractivity contribution in [2.45, 2.75) is 63.0 Å². The summed E-state index contributed by atoms with van der Waals surface area (Å²) in [4.78, 5) is 9.18. The van der Waals surface area contributed by atoms with Crippen LogP contribution >= 0.6 is 11.8 Å². The van der Waals surface area contributed by atoms with E-state index < -0.39 is 0 Å². The van der Waals surface area contributed by atoms with Gasteiger partial charge in [0.25, 0.3) is 0 Å². The summed E-state index contributed by atoms with van der Waals surface area (Å²) in [6.07, 6.45) is 8.95. The molecule has 4 heteroatoms. The van der Waals surface area contributed by atoms with Gasteiger partial charge in [0, 0.05) is 28.7 Å². The van der Waals surface area contributed by atoms with Gasteiger partial charge in [0.2, 0.25) is 0 Å². The average molecular weight is 279 g/mol. The lowest BCUT2D eigenvalue weighted by atomic mass is 10.0. The lowest BCUT2D eigenvalue weighted by Crippen LogP contribution is -2.15. The van der Waals surface area contributed by atoms with Gasteiger partial charge in [0.1, 0.15) is 5.82 Å². The Morgan fingerprint density at radius 1 is 1.37 bits per heavy atom. The molecule has 1 atom stereocenters. The first-order valence-corrected chi connectivity index (χ1v) is 8.37. The van der Waals surface area contributed by atoms with Crippen LogP contribution in [0.1, 0.15) is 62.2 Å². The van der Waals surface area contributed by atoms with Gasteiger partial charge in [-0.3, -0.25) is 0 Å². The average Bonchev–Trinajstić information content (AvgIpc) is 2.45. The van der Waals surface area contributed by atoms with Gasteiger partial charge in [-0.05, 0) is 33.7 Å². The molecule has 0 amide bonds. The number of nitrogens with zero attached hydrogens (tertiary/aromatic N) is 2. The number of aromatic nitrogens is 2. The van der Waals surface area contributed by atoms with Crippen LogP contribution in [0.2, 0.25) is 0 Å². The number of thioether (sulfide) groups is 1. The monoisotopic (exact) mass is 279 g/mol. The van der Waals surface area contributed by atoms with Crippen molar-refractivity contribution >= 4 is 11.8 Å². The van der Waals surface area contributed by atoms with E-state index in [4.69, 9.17) is 0 Å². The largest absolute Gasteiger partial charge is 0.313 e. The van der Waals surface area contributed by atoms with Gasteiger partial charge in [-0.1, -0.05) is 19.3 Å². The molecule has 0 bridgehead atoms. The Labute approximate surface area is 121 Å². The highest BCUT2D eigenvalue weighted by Crippen LogP contribution is 2.30. The molecule has 0 aliphatic heterocycles. The second-order valence-electron chi connectivity index (χ2n) is 5.41. The predicted molar refractivity (Wildman–Crippen MR) is 82.4 cm³/mol. The molecule has 106 valence electrons. The van der Waals surface area contributed by atoms with Crippen LogP contribution in [0, 0.1) is 6.92 Å². The maximum Gasteiger partial charge on any atom is 0.138 e. The van der Waals surface area contributed by atoms with E-state index in [1.165, 1.54) is 37.7 Å². The summed E-state index contributed by atoms with van der Waals surface area (Å²) in [6.45, 7) is 4.22. The van der Waals surface area contributed by atoms with Gasteiger partial charge in [-0.2, -0.15) is 11.8 Å². The van der Waals surface area contributed by atoms with Gasteiger partial charge >= 0.3 is 0 Å². The van der Waals surface area contributed by atoms with Crippen molar-refractivity contribution in [2.24, 2.45) is 0 Å². The van der Waals surface area contributed by atoms with Crippen molar-refractivity contribution < 1.29 is 0 Å². The zero-order valence-corrected chi connectivity index (χ0v) is 13.1. The van der Waals surface area contributed by atoms with Crippen LogP contribution in [-0.4, -0.2) is 22.3 Å². The van der Waals surface area contributed by atoms with Crippen LogP contribution in [0.4, 0.5) is 0 Å². The topological polar surface area (TPSA) is 37.8 Å². The molecule has 0 spiro atoms. The minimum Gasteiger partial charge on any atom is -0.313 e. The van der Waals surface area contributed by atoms with Crippen molar-refractivity contribution in [3.05, 3.63) is 23.3 Å². The van der Waals surface area contributed by atoms with E-state index in [9.17, 15) is 0 Å².